The van der Waals surface area contributed by atoms with Gasteiger partial charge in [-0.3, -0.25) is 0 Å². The lowest BCUT2D eigenvalue weighted by Gasteiger charge is -2.28. The monoisotopic (exact) mass is 306 g/mol. The zero-order valence-electron chi connectivity index (χ0n) is 12.6. The molecule has 22 heavy (non-hydrogen) atoms. The quantitative estimate of drug-likeness (QED) is 0.754. The van der Waals surface area contributed by atoms with Crippen molar-refractivity contribution in [1.29, 1.82) is 0 Å². The molecule has 1 fully saturated rings. The van der Waals surface area contributed by atoms with E-state index in [1.807, 2.05) is 17.0 Å². The third-order valence-corrected chi connectivity index (χ3v) is 3.76. The highest BCUT2D eigenvalue weighted by Crippen LogP contribution is 2.27. The molecule has 3 rings (SSSR count). The van der Waals surface area contributed by atoms with Crippen LogP contribution in [0.2, 0.25) is 0 Å². The minimum atomic E-state index is -0.0271. The van der Waals surface area contributed by atoms with Crippen molar-refractivity contribution < 1.29 is 14.3 Å². The molecule has 0 aromatic carbocycles. The van der Waals surface area contributed by atoms with Gasteiger partial charge in [0.25, 0.3) is 5.88 Å². The second-order valence-corrected chi connectivity index (χ2v) is 5.49. The molecule has 0 spiro atoms. The highest BCUT2D eigenvalue weighted by Gasteiger charge is 2.21. The second-order valence-electron chi connectivity index (χ2n) is 5.49. The zero-order chi connectivity index (χ0) is 15.2. The number of urea groups is 1. The van der Waals surface area contributed by atoms with Gasteiger partial charge in [0.2, 0.25) is 0 Å². The summed E-state index contributed by atoms with van der Waals surface area (Å²) >= 11 is 0. The van der Waals surface area contributed by atoms with E-state index in [1.165, 1.54) is 0 Å². The molecule has 2 aliphatic rings. The van der Waals surface area contributed by atoms with E-state index in [1.54, 1.807) is 6.20 Å². The summed E-state index contributed by atoms with van der Waals surface area (Å²) in [6.45, 7) is 4.52. The van der Waals surface area contributed by atoms with Crippen molar-refractivity contribution in [2.24, 2.45) is 0 Å². The lowest BCUT2D eigenvalue weighted by atomic mass is 10.3. The number of fused-ring (bicyclic) bond motifs is 1. The topological polar surface area (TPSA) is 75.7 Å². The van der Waals surface area contributed by atoms with E-state index in [4.69, 9.17) is 9.47 Å². The van der Waals surface area contributed by atoms with E-state index in [0.717, 1.165) is 39.0 Å². The number of pyridine rings is 1. The molecule has 0 saturated carbocycles. The molecule has 2 amide bonds. The predicted octanol–water partition coefficient (Wildman–Crippen LogP) is 0.616. The third kappa shape index (κ3) is 3.79. The van der Waals surface area contributed by atoms with Gasteiger partial charge in [-0.05, 0) is 31.5 Å². The summed E-state index contributed by atoms with van der Waals surface area (Å²) in [6, 6.07) is 3.74. The highest BCUT2D eigenvalue weighted by molar-refractivity contribution is 5.74. The van der Waals surface area contributed by atoms with E-state index < -0.39 is 0 Å². The van der Waals surface area contributed by atoms with E-state index in [-0.39, 0.29) is 12.1 Å². The molecule has 0 aliphatic carbocycles. The molecule has 120 valence electrons. The van der Waals surface area contributed by atoms with Gasteiger partial charge in [-0.2, -0.15) is 0 Å². The van der Waals surface area contributed by atoms with Gasteiger partial charge in [0, 0.05) is 32.4 Å². The first kappa shape index (κ1) is 14.9. The summed E-state index contributed by atoms with van der Waals surface area (Å²) in [7, 11) is 0. The number of nitrogens with one attached hydrogen (secondary N) is 2. The molecule has 1 unspecified atom stereocenters. The van der Waals surface area contributed by atoms with Crippen molar-refractivity contribution in [2.45, 2.75) is 18.9 Å². The van der Waals surface area contributed by atoms with Crippen LogP contribution in [0.5, 0.6) is 11.6 Å². The number of nitrogens with zero attached hydrogens (tertiary/aromatic N) is 2. The molecular weight excluding hydrogens is 284 g/mol. The molecule has 0 radical (unpaired) electrons. The van der Waals surface area contributed by atoms with Crippen molar-refractivity contribution >= 4 is 6.03 Å². The summed E-state index contributed by atoms with van der Waals surface area (Å²) in [6.07, 6.45) is 3.62. The summed E-state index contributed by atoms with van der Waals surface area (Å²) in [5.41, 5.74) is 0. The first-order valence-corrected chi connectivity index (χ1v) is 7.81. The van der Waals surface area contributed by atoms with E-state index in [0.29, 0.717) is 24.8 Å². The van der Waals surface area contributed by atoms with Crippen molar-refractivity contribution in [3.05, 3.63) is 18.3 Å². The number of hydrogen-bond donors (Lipinski definition) is 2. The molecule has 3 heterocycles. The van der Waals surface area contributed by atoms with Crippen LogP contribution in [0.4, 0.5) is 4.79 Å². The minimum absolute atomic E-state index is 0.0271. The Morgan fingerprint density at radius 3 is 3.36 bits per heavy atom. The normalized spacial score (nSPS) is 20.6. The molecule has 2 N–H and O–H groups in total. The van der Waals surface area contributed by atoms with Crippen molar-refractivity contribution in [3.8, 4) is 11.6 Å². The maximum atomic E-state index is 11.6. The van der Waals surface area contributed by atoms with Crippen LogP contribution in [0, 0.1) is 0 Å². The largest absolute Gasteiger partial charge is 0.484 e. The third-order valence-electron chi connectivity index (χ3n) is 3.76. The number of hydrogen-bond acceptors (Lipinski definition) is 5. The summed E-state index contributed by atoms with van der Waals surface area (Å²) in [4.78, 5) is 17.6. The van der Waals surface area contributed by atoms with E-state index in [2.05, 4.69) is 15.6 Å². The average Bonchev–Trinajstić information content (AvgIpc) is 2.56. The predicted molar refractivity (Wildman–Crippen MR) is 81.2 cm³/mol. The van der Waals surface area contributed by atoms with Crippen LogP contribution < -0.4 is 20.1 Å². The molecule has 1 atom stereocenters. The zero-order valence-corrected chi connectivity index (χ0v) is 12.6. The standard InChI is InChI=1S/C15H22N4O3/c20-15-18-7-3-9-19(15)8-2-5-16-10-12-11-21-13-4-1-6-17-14(13)22-12/h1,4,6,12,16H,2-3,5,7-11H2,(H,18,20). The Morgan fingerprint density at radius 2 is 2.45 bits per heavy atom. The van der Waals surface area contributed by atoms with Gasteiger partial charge >= 0.3 is 6.03 Å². The molecular formula is C15H22N4O3. The van der Waals surface area contributed by atoms with Crippen LogP contribution in [-0.2, 0) is 0 Å². The van der Waals surface area contributed by atoms with Crippen LogP contribution in [0.3, 0.4) is 0 Å². The Morgan fingerprint density at radius 1 is 1.50 bits per heavy atom. The SMILES string of the molecule is O=C1NCCCN1CCCNCC1COc2cccnc2O1. The van der Waals surface area contributed by atoms with Crippen LogP contribution in [0.1, 0.15) is 12.8 Å². The van der Waals surface area contributed by atoms with Crippen molar-refractivity contribution in [2.75, 3.05) is 39.3 Å². The average molecular weight is 306 g/mol. The first-order valence-electron chi connectivity index (χ1n) is 7.81. The lowest BCUT2D eigenvalue weighted by Crippen LogP contribution is -2.47. The molecule has 1 aromatic rings. The molecule has 2 aliphatic heterocycles. The fraction of sp³-hybridized carbons (Fsp3) is 0.600. The van der Waals surface area contributed by atoms with Gasteiger partial charge < -0.3 is 25.0 Å². The summed E-state index contributed by atoms with van der Waals surface area (Å²) in [5.74, 6) is 1.26. The molecule has 7 heteroatoms. The minimum Gasteiger partial charge on any atom is -0.484 e. The van der Waals surface area contributed by atoms with Gasteiger partial charge in [-0.15, -0.1) is 0 Å². The van der Waals surface area contributed by atoms with Gasteiger partial charge in [-0.25, -0.2) is 9.78 Å². The van der Waals surface area contributed by atoms with Gasteiger partial charge in [0.15, 0.2) is 5.75 Å². The second kappa shape index (κ2) is 7.31. The number of amides is 2. The maximum absolute atomic E-state index is 11.6. The Balaban J connectivity index is 1.32. The van der Waals surface area contributed by atoms with Gasteiger partial charge in [0.1, 0.15) is 12.7 Å². The fourth-order valence-corrected chi connectivity index (χ4v) is 2.60. The van der Waals surface area contributed by atoms with Gasteiger partial charge in [0.05, 0.1) is 0 Å². The van der Waals surface area contributed by atoms with Crippen LogP contribution in [-0.4, -0.2) is 61.3 Å². The number of rotatable bonds is 6. The molecule has 0 bridgehead atoms. The molecule has 1 saturated heterocycles. The van der Waals surface area contributed by atoms with Crippen molar-refractivity contribution in [3.63, 3.8) is 0 Å². The Labute approximate surface area is 130 Å². The number of carbonyl (C=O) groups is 1. The van der Waals surface area contributed by atoms with Crippen LogP contribution in [0.15, 0.2) is 18.3 Å². The Kier molecular flexibility index (Phi) is 4.95. The first-order chi connectivity index (χ1) is 10.8. The van der Waals surface area contributed by atoms with E-state index in [9.17, 15) is 4.79 Å². The molecule has 7 nitrogen and oxygen atoms in total. The van der Waals surface area contributed by atoms with Crippen molar-refractivity contribution in [1.82, 2.24) is 20.5 Å². The Hall–Kier alpha value is -2.02. The van der Waals surface area contributed by atoms with Crippen LogP contribution >= 0.6 is 0 Å². The summed E-state index contributed by atoms with van der Waals surface area (Å²) < 4.78 is 11.4. The highest BCUT2D eigenvalue weighted by atomic mass is 16.6. The van der Waals surface area contributed by atoms with Gasteiger partial charge in [-0.1, -0.05) is 0 Å². The molecule has 1 aromatic heterocycles. The smallest absolute Gasteiger partial charge is 0.317 e. The number of ether oxygens (including phenoxy) is 2. The summed E-state index contributed by atoms with van der Waals surface area (Å²) in [5, 5.41) is 6.21. The van der Waals surface area contributed by atoms with Crippen LogP contribution in [0.25, 0.3) is 0 Å². The fourth-order valence-electron chi connectivity index (χ4n) is 2.60. The Bertz CT molecular complexity index is 511. The van der Waals surface area contributed by atoms with E-state index >= 15 is 0 Å². The lowest BCUT2D eigenvalue weighted by molar-refractivity contribution is 0.0844. The number of carbonyl (C=O) groups excluding carboxylic acids is 1. The number of aromatic nitrogens is 1. The maximum Gasteiger partial charge on any atom is 0.317 e.